The number of hydrogen-bond donors (Lipinski definition) is 1. The van der Waals surface area contributed by atoms with Gasteiger partial charge in [0, 0.05) is 24.0 Å². The Hall–Kier alpha value is -4.26. The average Bonchev–Trinajstić information content (AvgIpc) is 3.23. The van der Waals surface area contributed by atoms with Crippen LogP contribution in [0.1, 0.15) is 5.56 Å². The Morgan fingerprint density at radius 3 is 2.44 bits per heavy atom. The van der Waals surface area contributed by atoms with Gasteiger partial charge in [0.05, 0.1) is 18.7 Å². The van der Waals surface area contributed by atoms with E-state index in [1.54, 1.807) is 41.7 Å². The number of nitrogens with one attached hydrogen (secondary N) is 1. The number of aromatic nitrogens is 3. The zero-order valence-electron chi connectivity index (χ0n) is 17.1. The summed E-state index contributed by atoms with van der Waals surface area (Å²) in [6.45, 7) is 0.998. The highest BCUT2D eigenvalue weighted by Gasteiger charge is 2.27. The number of hydrogen-bond acceptors (Lipinski definition) is 4. The smallest absolute Gasteiger partial charge is 0.265 e. The number of benzene rings is 2. The van der Waals surface area contributed by atoms with Gasteiger partial charge in [-0.05, 0) is 53.6 Å². The summed E-state index contributed by atoms with van der Waals surface area (Å²) in [5, 5.41) is 6.35. The molecule has 7 heteroatoms. The van der Waals surface area contributed by atoms with Crippen LogP contribution in [0.2, 0.25) is 0 Å². The van der Waals surface area contributed by atoms with Crippen LogP contribution in [-0.2, 0) is 11.3 Å². The standard InChI is InChI=1S/C25H20FN5O/c26-21-9-7-20(8-10-21)24-23(19-12-14-27-15-13-19)25-29-30(16-17-31(25)28-24)22(32)11-6-18-4-2-1-3-5-18/h1-15,29H,16-17H2/b11-6+. The van der Waals surface area contributed by atoms with E-state index < -0.39 is 0 Å². The number of carbonyl (C=O) groups is 1. The minimum absolute atomic E-state index is 0.148. The lowest BCUT2D eigenvalue weighted by molar-refractivity contribution is -0.125. The van der Waals surface area contributed by atoms with Crippen LogP contribution in [0.4, 0.5) is 10.2 Å². The van der Waals surface area contributed by atoms with E-state index in [0.29, 0.717) is 24.6 Å². The quantitative estimate of drug-likeness (QED) is 0.484. The van der Waals surface area contributed by atoms with Gasteiger partial charge in [-0.3, -0.25) is 15.2 Å². The summed E-state index contributed by atoms with van der Waals surface area (Å²) in [5.74, 6) is 0.261. The van der Waals surface area contributed by atoms with Gasteiger partial charge in [-0.1, -0.05) is 30.3 Å². The predicted molar refractivity (Wildman–Crippen MR) is 122 cm³/mol. The predicted octanol–water partition coefficient (Wildman–Crippen LogP) is 4.63. The van der Waals surface area contributed by atoms with Crippen molar-refractivity contribution in [2.24, 2.45) is 0 Å². The zero-order chi connectivity index (χ0) is 21.9. The summed E-state index contributed by atoms with van der Waals surface area (Å²) >= 11 is 0. The van der Waals surface area contributed by atoms with Gasteiger partial charge in [0.2, 0.25) is 0 Å². The topological polar surface area (TPSA) is 63.1 Å². The number of nitrogens with zero attached hydrogens (tertiary/aromatic N) is 4. The highest BCUT2D eigenvalue weighted by Crippen LogP contribution is 2.38. The Balaban J connectivity index is 1.50. The molecule has 5 rings (SSSR count). The zero-order valence-corrected chi connectivity index (χ0v) is 17.1. The molecule has 4 aromatic rings. The molecule has 0 aliphatic carbocycles. The van der Waals surface area contributed by atoms with E-state index in [1.165, 1.54) is 12.1 Å². The molecule has 0 spiro atoms. The molecule has 0 atom stereocenters. The molecular formula is C25H20FN5O. The molecule has 1 amide bonds. The largest absolute Gasteiger partial charge is 0.279 e. The van der Waals surface area contributed by atoms with Crippen LogP contribution < -0.4 is 5.43 Å². The molecule has 0 saturated carbocycles. The van der Waals surface area contributed by atoms with Crippen LogP contribution in [0.15, 0.2) is 85.2 Å². The second kappa shape index (κ2) is 8.47. The molecule has 6 nitrogen and oxygen atoms in total. The summed E-state index contributed by atoms with van der Waals surface area (Å²) in [4.78, 5) is 16.9. The van der Waals surface area contributed by atoms with Crippen molar-refractivity contribution in [1.82, 2.24) is 19.8 Å². The van der Waals surface area contributed by atoms with Crippen LogP contribution in [0.25, 0.3) is 28.5 Å². The first kappa shape index (κ1) is 19.7. The van der Waals surface area contributed by atoms with Crippen molar-refractivity contribution >= 4 is 17.8 Å². The number of amides is 1. The molecule has 1 N–H and O–H groups in total. The molecule has 2 aromatic carbocycles. The van der Waals surface area contributed by atoms with E-state index in [2.05, 4.69) is 10.4 Å². The maximum absolute atomic E-state index is 13.5. The van der Waals surface area contributed by atoms with Crippen molar-refractivity contribution in [2.45, 2.75) is 6.54 Å². The van der Waals surface area contributed by atoms with Crippen LogP contribution in [0, 0.1) is 5.82 Å². The first-order valence-electron chi connectivity index (χ1n) is 10.3. The molecule has 0 unspecified atom stereocenters. The molecule has 2 aromatic heterocycles. The second-order valence-electron chi connectivity index (χ2n) is 7.38. The Morgan fingerprint density at radius 2 is 1.69 bits per heavy atom. The third-order valence-electron chi connectivity index (χ3n) is 5.30. The maximum Gasteiger partial charge on any atom is 0.265 e. The van der Waals surface area contributed by atoms with Gasteiger partial charge in [-0.25, -0.2) is 14.1 Å². The van der Waals surface area contributed by atoms with E-state index >= 15 is 0 Å². The number of hydrazine groups is 1. The summed E-state index contributed by atoms with van der Waals surface area (Å²) in [7, 11) is 0. The third-order valence-corrected chi connectivity index (χ3v) is 5.30. The van der Waals surface area contributed by atoms with Crippen molar-refractivity contribution in [1.29, 1.82) is 0 Å². The van der Waals surface area contributed by atoms with Gasteiger partial charge in [0.15, 0.2) is 5.82 Å². The lowest BCUT2D eigenvalue weighted by Gasteiger charge is -2.29. The summed E-state index contributed by atoms with van der Waals surface area (Å²) < 4.78 is 15.3. The molecule has 0 bridgehead atoms. The average molecular weight is 425 g/mol. The van der Waals surface area contributed by atoms with Crippen molar-refractivity contribution in [3.8, 4) is 22.4 Å². The maximum atomic E-state index is 13.5. The first-order valence-corrected chi connectivity index (χ1v) is 10.3. The van der Waals surface area contributed by atoms with Gasteiger partial charge < -0.3 is 0 Å². The second-order valence-corrected chi connectivity index (χ2v) is 7.38. The molecule has 3 heterocycles. The van der Waals surface area contributed by atoms with Gasteiger partial charge in [0.25, 0.3) is 5.91 Å². The van der Waals surface area contributed by atoms with E-state index in [4.69, 9.17) is 5.10 Å². The number of rotatable bonds is 4. The number of carbonyl (C=O) groups excluding carboxylic acids is 1. The molecule has 0 fully saturated rings. The van der Waals surface area contributed by atoms with E-state index in [9.17, 15) is 9.18 Å². The number of pyridine rings is 1. The van der Waals surface area contributed by atoms with Crippen molar-refractivity contribution in [2.75, 3.05) is 12.0 Å². The molecule has 32 heavy (non-hydrogen) atoms. The van der Waals surface area contributed by atoms with Crippen molar-refractivity contribution in [3.63, 3.8) is 0 Å². The summed E-state index contributed by atoms with van der Waals surface area (Å²) in [6, 6.07) is 19.7. The number of halogens is 1. The summed E-state index contributed by atoms with van der Waals surface area (Å²) in [6.07, 6.45) is 6.77. The number of fused-ring (bicyclic) bond motifs is 1. The van der Waals surface area contributed by atoms with Gasteiger partial charge >= 0.3 is 0 Å². The van der Waals surface area contributed by atoms with Crippen LogP contribution in [0.5, 0.6) is 0 Å². The van der Waals surface area contributed by atoms with Crippen LogP contribution in [-0.4, -0.2) is 32.2 Å². The fraction of sp³-hybridized carbons (Fsp3) is 0.0800. The van der Waals surface area contributed by atoms with Gasteiger partial charge in [-0.15, -0.1) is 0 Å². The van der Waals surface area contributed by atoms with Crippen molar-refractivity contribution < 1.29 is 9.18 Å². The fourth-order valence-corrected chi connectivity index (χ4v) is 3.70. The summed E-state index contributed by atoms with van der Waals surface area (Å²) in [5.41, 5.74) is 7.45. The first-order chi connectivity index (χ1) is 15.7. The van der Waals surface area contributed by atoms with Gasteiger partial charge in [0.1, 0.15) is 11.5 Å². The van der Waals surface area contributed by atoms with E-state index in [-0.39, 0.29) is 11.7 Å². The highest BCUT2D eigenvalue weighted by atomic mass is 19.1. The SMILES string of the molecule is O=C(/C=C/c1ccccc1)N1CCn2nc(-c3ccc(F)cc3)c(-c3ccncc3)c2N1. The highest BCUT2D eigenvalue weighted by molar-refractivity contribution is 5.94. The molecule has 1 aliphatic heterocycles. The third kappa shape index (κ3) is 3.88. The Kier molecular flexibility index (Phi) is 5.21. The Labute approximate surface area is 184 Å². The molecule has 158 valence electrons. The van der Waals surface area contributed by atoms with Crippen molar-refractivity contribution in [3.05, 3.63) is 96.6 Å². The number of anilines is 1. The fourth-order valence-electron chi connectivity index (χ4n) is 3.70. The van der Waals surface area contributed by atoms with Crippen LogP contribution >= 0.6 is 0 Å². The Bertz CT molecular complexity index is 1270. The van der Waals surface area contributed by atoms with E-state index in [0.717, 1.165) is 22.3 Å². The lowest BCUT2D eigenvalue weighted by atomic mass is 10.0. The minimum Gasteiger partial charge on any atom is -0.279 e. The normalized spacial score (nSPS) is 13.1. The molecule has 0 radical (unpaired) electrons. The Morgan fingerprint density at radius 1 is 0.938 bits per heavy atom. The van der Waals surface area contributed by atoms with E-state index in [1.807, 2.05) is 47.1 Å². The molecule has 1 aliphatic rings. The lowest BCUT2D eigenvalue weighted by Crippen LogP contribution is -2.42. The van der Waals surface area contributed by atoms with Gasteiger partial charge in [-0.2, -0.15) is 5.10 Å². The minimum atomic E-state index is -0.303. The monoisotopic (exact) mass is 425 g/mol. The van der Waals surface area contributed by atoms with Crippen LogP contribution in [0.3, 0.4) is 0 Å². The molecular weight excluding hydrogens is 405 g/mol. The molecule has 0 saturated heterocycles.